The molecule has 2 aromatic rings. The molecule has 6 N–H and O–H groups in total. The molecule has 2 rings (SSSR count). The highest BCUT2D eigenvalue weighted by Crippen LogP contribution is 2.19. The van der Waals surface area contributed by atoms with Crippen molar-refractivity contribution in [3.8, 4) is 0 Å². The SMILES string of the molecule is Nc1ccc(N(CCO)CCCCN(CCO)c2ccc(N)cc2)cc1. The molecule has 0 bridgehead atoms. The maximum Gasteiger partial charge on any atom is 0.0606 e. The van der Waals surface area contributed by atoms with Crippen LogP contribution in [-0.2, 0) is 0 Å². The Balaban J connectivity index is 1.87. The second kappa shape index (κ2) is 10.5. The van der Waals surface area contributed by atoms with Crippen molar-refractivity contribution in [2.75, 3.05) is 60.7 Å². The van der Waals surface area contributed by atoms with Crippen LogP contribution in [0.4, 0.5) is 22.7 Å². The Morgan fingerprint density at radius 1 is 0.577 bits per heavy atom. The summed E-state index contributed by atoms with van der Waals surface area (Å²) in [7, 11) is 0. The number of rotatable bonds is 11. The van der Waals surface area contributed by atoms with E-state index in [1.165, 1.54) is 0 Å². The van der Waals surface area contributed by atoms with Gasteiger partial charge in [-0.15, -0.1) is 0 Å². The minimum atomic E-state index is 0.118. The number of nitrogens with two attached hydrogens (primary N) is 2. The van der Waals surface area contributed by atoms with Crippen LogP contribution < -0.4 is 21.3 Å². The summed E-state index contributed by atoms with van der Waals surface area (Å²) in [6.07, 6.45) is 1.97. The van der Waals surface area contributed by atoms with Crippen molar-refractivity contribution >= 4 is 22.7 Å². The highest BCUT2D eigenvalue weighted by atomic mass is 16.3. The van der Waals surface area contributed by atoms with Gasteiger partial charge in [0.25, 0.3) is 0 Å². The molecule has 0 unspecified atom stereocenters. The van der Waals surface area contributed by atoms with E-state index < -0.39 is 0 Å². The normalized spacial score (nSPS) is 10.7. The molecule has 0 aromatic heterocycles. The van der Waals surface area contributed by atoms with Crippen molar-refractivity contribution in [2.45, 2.75) is 12.8 Å². The van der Waals surface area contributed by atoms with E-state index >= 15 is 0 Å². The quantitative estimate of drug-likeness (QED) is 0.362. The van der Waals surface area contributed by atoms with Gasteiger partial charge in [0, 0.05) is 48.9 Å². The predicted octanol–water partition coefficient (Wildman–Crippen LogP) is 1.93. The molecule has 0 atom stereocenters. The van der Waals surface area contributed by atoms with Gasteiger partial charge in [0.05, 0.1) is 13.2 Å². The van der Waals surface area contributed by atoms with Crippen molar-refractivity contribution in [2.24, 2.45) is 0 Å². The van der Waals surface area contributed by atoms with Crippen molar-refractivity contribution in [1.29, 1.82) is 0 Å². The molecule has 0 saturated carbocycles. The minimum Gasteiger partial charge on any atom is -0.399 e. The van der Waals surface area contributed by atoms with E-state index in [9.17, 15) is 10.2 Å². The Morgan fingerprint density at radius 2 is 0.923 bits per heavy atom. The second-order valence-corrected chi connectivity index (χ2v) is 6.31. The van der Waals surface area contributed by atoms with Gasteiger partial charge < -0.3 is 31.5 Å². The predicted molar refractivity (Wildman–Crippen MR) is 110 cm³/mol. The van der Waals surface area contributed by atoms with Crippen LogP contribution in [0.3, 0.4) is 0 Å². The lowest BCUT2D eigenvalue weighted by Crippen LogP contribution is -2.30. The van der Waals surface area contributed by atoms with Gasteiger partial charge in [0.2, 0.25) is 0 Å². The highest BCUT2D eigenvalue weighted by Gasteiger charge is 2.08. The van der Waals surface area contributed by atoms with E-state index in [0.29, 0.717) is 13.1 Å². The van der Waals surface area contributed by atoms with Crippen LogP contribution in [0.2, 0.25) is 0 Å². The first kappa shape index (κ1) is 19.9. The minimum absolute atomic E-state index is 0.118. The molecule has 0 fully saturated rings. The molecule has 0 aliphatic carbocycles. The molecule has 2 aromatic carbocycles. The van der Waals surface area contributed by atoms with Gasteiger partial charge in [-0.3, -0.25) is 0 Å². The van der Waals surface area contributed by atoms with Gasteiger partial charge in [-0.05, 0) is 61.4 Å². The summed E-state index contributed by atoms with van der Waals surface area (Å²) < 4.78 is 0. The zero-order valence-corrected chi connectivity index (χ0v) is 15.2. The molecule has 0 spiro atoms. The standard InChI is InChI=1S/C20H30N4O2/c21-17-3-7-19(8-4-17)23(13-15-25)11-1-2-12-24(14-16-26)20-9-5-18(22)6-10-20/h3-10,25-26H,1-2,11-16,21-22H2. The molecule has 0 radical (unpaired) electrons. The first-order valence-electron chi connectivity index (χ1n) is 9.06. The van der Waals surface area contributed by atoms with Gasteiger partial charge in [-0.1, -0.05) is 0 Å². The smallest absolute Gasteiger partial charge is 0.0606 e. The lowest BCUT2D eigenvalue weighted by molar-refractivity contribution is 0.299. The summed E-state index contributed by atoms with van der Waals surface area (Å²) in [6.45, 7) is 3.15. The van der Waals surface area contributed by atoms with Gasteiger partial charge in [-0.25, -0.2) is 0 Å². The zero-order valence-electron chi connectivity index (χ0n) is 15.2. The van der Waals surface area contributed by atoms with E-state index in [0.717, 1.165) is 48.7 Å². The molecule has 0 aliphatic rings. The molecule has 0 aliphatic heterocycles. The van der Waals surface area contributed by atoms with E-state index in [1.807, 2.05) is 48.5 Å². The third kappa shape index (κ3) is 6.13. The van der Waals surface area contributed by atoms with Crippen molar-refractivity contribution < 1.29 is 10.2 Å². The van der Waals surface area contributed by atoms with E-state index in [2.05, 4.69) is 9.80 Å². The fourth-order valence-electron chi connectivity index (χ4n) is 2.96. The number of anilines is 4. The van der Waals surface area contributed by atoms with Gasteiger partial charge in [0.15, 0.2) is 0 Å². The molecule has 0 heterocycles. The monoisotopic (exact) mass is 358 g/mol. The van der Waals surface area contributed by atoms with Crippen LogP contribution in [0.5, 0.6) is 0 Å². The lowest BCUT2D eigenvalue weighted by atomic mass is 10.2. The fourth-order valence-corrected chi connectivity index (χ4v) is 2.96. The maximum atomic E-state index is 9.33. The number of hydrogen-bond donors (Lipinski definition) is 4. The number of hydrogen-bond acceptors (Lipinski definition) is 6. The third-order valence-electron chi connectivity index (χ3n) is 4.36. The number of aliphatic hydroxyl groups is 2. The van der Waals surface area contributed by atoms with E-state index in [-0.39, 0.29) is 13.2 Å². The lowest BCUT2D eigenvalue weighted by Gasteiger charge is -2.26. The van der Waals surface area contributed by atoms with Crippen molar-refractivity contribution in [3.05, 3.63) is 48.5 Å². The Labute approximate surface area is 155 Å². The maximum absolute atomic E-state index is 9.33. The van der Waals surface area contributed by atoms with E-state index in [4.69, 9.17) is 11.5 Å². The number of aliphatic hydroxyl groups excluding tert-OH is 2. The van der Waals surface area contributed by atoms with Crippen LogP contribution in [0, 0.1) is 0 Å². The molecule has 142 valence electrons. The average Bonchev–Trinajstić information content (AvgIpc) is 2.65. The van der Waals surface area contributed by atoms with Gasteiger partial charge in [-0.2, -0.15) is 0 Å². The molecule has 26 heavy (non-hydrogen) atoms. The molecular weight excluding hydrogens is 328 g/mol. The summed E-state index contributed by atoms with van der Waals surface area (Å²) in [6, 6.07) is 15.4. The van der Waals surface area contributed by atoms with Crippen LogP contribution in [0.25, 0.3) is 0 Å². The summed E-state index contributed by atoms with van der Waals surface area (Å²) in [5, 5.41) is 18.7. The largest absolute Gasteiger partial charge is 0.399 e. The summed E-state index contributed by atoms with van der Waals surface area (Å²) in [5.74, 6) is 0. The van der Waals surface area contributed by atoms with Crippen LogP contribution in [0.1, 0.15) is 12.8 Å². The van der Waals surface area contributed by atoms with E-state index in [1.54, 1.807) is 0 Å². The van der Waals surface area contributed by atoms with Crippen molar-refractivity contribution in [1.82, 2.24) is 0 Å². The Hall–Kier alpha value is -2.44. The summed E-state index contributed by atoms with van der Waals surface area (Å²) >= 11 is 0. The number of unbranched alkanes of at least 4 members (excludes halogenated alkanes) is 1. The topological polar surface area (TPSA) is 99.0 Å². The van der Waals surface area contributed by atoms with Crippen LogP contribution in [0.15, 0.2) is 48.5 Å². The summed E-state index contributed by atoms with van der Waals surface area (Å²) in [5.41, 5.74) is 15.1. The first-order valence-corrected chi connectivity index (χ1v) is 9.06. The van der Waals surface area contributed by atoms with Crippen LogP contribution in [-0.4, -0.2) is 49.6 Å². The number of nitrogens with zero attached hydrogens (tertiary/aromatic N) is 2. The second-order valence-electron chi connectivity index (χ2n) is 6.31. The summed E-state index contributed by atoms with van der Waals surface area (Å²) in [4.78, 5) is 4.33. The number of nitrogen functional groups attached to an aromatic ring is 2. The molecular formula is C20H30N4O2. The molecule has 6 heteroatoms. The van der Waals surface area contributed by atoms with Crippen molar-refractivity contribution in [3.63, 3.8) is 0 Å². The Bertz CT molecular complexity index is 574. The molecule has 0 saturated heterocycles. The molecule has 0 amide bonds. The average molecular weight is 358 g/mol. The van der Waals surface area contributed by atoms with Crippen LogP contribution >= 0.6 is 0 Å². The van der Waals surface area contributed by atoms with Gasteiger partial charge in [0.1, 0.15) is 0 Å². The first-order chi connectivity index (χ1) is 12.6. The van der Waals surface area contributed by atoms with Gasteiger partial charge >= 0.3 is 0 Å². The fraction of sp³-hybridized carbons (Fsp3) is 0.400. The molecule has 6 nitrogen and oxygen atoms in total. The Morgan fingerprint density at radius 3 is 1.23 bits per heavy atom. The number of benzene rings is 2. The zero-order chi connectivity index (χ0) is 18.8. The third-order valence-corrected chi connectivity index (χ3v) is 4.36. The Kier molecular flexibility index (Phi) is 8.05. The highest BCUT2D eigenvalue weighted by molar-refractivity contribution is 5.54.